The van der Waals surface area contributed by atoms with Crippen molar-refractivity contribution in [1.82, 2.24) is 0 Å². The average Bonchev–Trinajstić information content (AvgIpc) is 2.49. The Labute approximate surface area is 122 Å². The van der Waals surface area contributed by atoms with Crippen molar-refractivity contribution in [3.05, 3.63) is 65.7 Å². The van der Waals surface area contributed by atoms with E-state index in [2.05, 4.69) is 5.32 Å². The van der Waals surface area contributed by atoms with Gasteiger partial charge in [-0.15, -0.1) is 0 Å². The van der Waals surface area contributed by atoms with Crippen molar-refractivity contribution in [3.63, 3.8) is 0 Å². The van der Waals surface area contributed by atoms with Crippen LogP contribution in [0.5, 0.6) is 0 Å². The van der Waals surface area contributed by atoms with Crippen LogP contribution >= 0.6 is 0 Å². The molecule has 5 heteroatoms. The average molecular weight is 284 g/mol. The Bertz CT molecular complexity index is 641. The molecular weight excluding hydrogens is 268 g/mol. The van der Waals surface area contributed by atoms with E-state index in [1.165, 1.54) is 7.11 Å². The molecule has 2 amide bonds. The fourth-order valence-electron chi connectivity index (χ4n) is 2.03. The van der Waals surface area contributed by atoms with Gasteiger partial charge in [0.2, 0.25) is 0 Å². The number of hydrogen-bond acceptors (Lipinski definition) is 3. The standard InChI is InChI=1S/C16H16N2O3/c1-21-14(11-7-3-2-4-8-11)16(20)18-13-10-6-5-9-12(13)15(17)19/h2-10,14H,1H3,(H2,17,19)(H,18,20)/t14-/m0/s1. The van der Waals surface area contributed by atoms with Gasteiger partial charge in [0.25, 0.3) is 11.8 Å². The molecule has 0 aliphatic heterocycles. The van der Waals surface area contributed by atoms with E-state index >= 15 is 0 Å². The third-order valence-electron chi connectivity index (χ3n) is 3.03. The van der Waals surface area contributed by atoms with Crippen LogP contribution in [0.4, 0.5) is 5.69 Å². The lowest BCUT2D eigenvalue weighted by Crippen LogP contribution is -2.24. The van der Waals surface area contributed by atoms with Gasteiger partial charge in [0.15, 0.2) is 6.10 Å². The Morgan fingerprint density at radius 2 is 1.67 bits per heavy atom. The van der Waals surface area contributed by atoms with Crippen LogP contribution in [0.15, 0.2) is 54.6 Å². The monoisotopic (exact) mass is 284 g/mol. The van der Waals surface area contributed by atoms with Crippen LogP contribution in [-0.4, -0.2) is 18.9 Å². The summed E-state index contributed by atoms with van der Waals surface area (Å²) in [5, 5.41) is 2.68. The number of carbonyl (C=O) groups excluding carboxylic acids is 2. The van der Waals surface area contributed by atoms with Crippen LogP contribution in [0.2, 0.25) is 0 Å². The summed E-state index contributed by atoms with van der Waals surface area (Å²) in [6.07, 6.45) is -0.757. The lowest BCUT2D eigenvalue weighted by Gasteiger charge is -2.16. The molecule has 0 saturated carbocycles. The van der Waals surface area contributed by atoms with Gasteiger partial charge in [-0.3, -0.25) is 9.59 Å². The van der Waals surface area contributed by atoms with Crippen LogP contribution in [0.1, 0.15) is 22.0 Å². The first-order valence-corrected chi connectivity index (χ1v) is 6.41. The molecule has 21 heavy (non-hydrogen) atoms. The van der Waals surface area contributed by atoms with E-state index in [-0.39, 0.29) is 11.5 Å². The summed E-state index contributed by atoms with van der Waals surface area (Å²) in [5.41, 5.74) is 6.65. The van der Waals surface area contributed by atoms with E-state index in [9.17, 15) is 9.59 Å². The molecule has 0 saturated heterocycles. The summed E-state index contributed by atoms with van der Waals surface area (Å²) < 4.78 is 5.24. The quantitative estimate of drug-likeness (QED) is 0.882. The SMILES string of the molecule is CO[C@H](C(=O)Nc1ccccc1C(N)=O)c1ccccc1. The summed E-state index contributed by atoms with van der Waals surface area (Å²) >= 11 is 0. The highest BCUT2D eigenvalue weighted by Gasteiger charge is 2.21. The first-order valence-electron chi connectivity index (χ1n) is 6.41. The molecule has 2 aromatic rings. The van der Waals surface area contributed by atoms with Gasteiger partial charge in [-0.05, 0) is 17.7 Å². The molecule has 5 nitrogen and oxygen atoms in total. The van der Waals surface area contributed by atoms with Crippen molar-refractivity contribution in [2.24, 2.45) is 5.73 Å². The van der Waals surface area contributed by atoms with E-state index in [1.807, 2.05) is 18.2 Å². The second-order valence-corrected chi connectivity index (χ2v) is 4.43. The van der Waals surface area contributed by atoms with Crippen molar-refractivity contribution in [2.75, 3.05) is 12.4 Å². The second kappa shape index (κ2) is 6.67. The predicted octanol–water partition coefficient (Wildman–Crippen LogP) is 2.11. The summed E-state index contributed by atoms with van der Waals surface area (Å²) in [7, 11) is 1.46. The number of benzene rings is 2. The first kappa shape index (κ1) is 14.7. The van der Waals surface area contributed by atoms with Gasteiger partial charge in [0, 0.05) is 7.11 Å². The number of nitrogens with two attached hydrogens (primary N) is 1. The molecule has 0 aliphatic rings. The van der Waals surface area contributed by atoms with Gasteiger partial charge >= 0.3 is 0 Å². The van der Waals surface area contributed by atoms with Gasteiger partial charge in [0.1, 0.15) is 0 Å². The van der Waals surface area contributed by atoms with Crippen LogP contribution < -0.4 is 11.1 Å². The van der Waals surface area contributed by atoms with Crippen LogP contribution in [-0.2, 0) is 9.53 Å². The minimum Gasteiger partial charge on any atom is -0.367 e. The molecule has 2 rings (SSSR count). The number of anilines is 1. The maximum atomic E-state index is 12.3. The minimum absolute atomic E-state index is 0.258. The molecule has 0 spiro atoms. The fourth-order valence-corrected chi connectivity index (χ4v) is 2.03. The number of amides is 2. The lowest BCUT2D eigenvalue weighted by molar-refractivity contribution is -0.126. The predicted molar refractivity (Wildman–Crippen MR) is 79.8 cm³/mol. The zero-order chi connectivity index (χ0) is 15.2. The van der Waals surface area contributed by atoms with Crippen LogP contribution in [0.3, 0.4) is 0 Å². The lowest BCUT2D eigenvalue weighted by atomic mass is 10.1. The molecular formula is C16H16N2O3. The van der Waals surface area contributed by atoms with E-state index in [4.69, 9.17) is 10.5 Å². The van der Waals surface area contributed by atoms with Crippen LogP contribution in [0.25, 0.3) is 0 Å². The molecule has 0 aliphatic carbocycles. The zero-order valence-corrected chi connectivity index (χ0v) is 11.6. The second-order valence-electron chi connectivity index (χ2n) is 4.43. The maximum Gasteiger partial charge on any atom is 0.258 e. The van der Waals surface area contributed by atoms with Crippen molar-refractivity contribution in [1.29, 1.82) is 0 Å². The van der Waals surface area contributed by atoms with Gasteiger partial charge in [-0.25, -0.2) is 0 Å². The normalized spacial score (nSPS) is 11.7. The fraction of sp³-hybridized carbons (Fsp3) is 0.125. The summed E-state index contributed by atoms with van der Waals surface area (Å²) in [4.78, 5) is 23.7. The summed E-state index contributed by atoms with van der Waals surface area (Å²) in [6, 6.07) is 15.7. The number of hydrogen-bond donors (Lipinski definition) is 2. The number of rotatable bonds is 5. The van der Waals surface area contributed by atoms with E-state index in [0.717, 1.165) is 5.56 Å². The van der Waals surface area contributed by atoms with Gasteiger partial charge in [-0.1, -0.05) is 42.5 Å². The molecule has 0 radical (unpaired) electrons. The molecule has 0 bridgehead atoms. The molecule has 0 heterocycles. The van der Waals surface area contributed by atoms with E-state index < -0.39 is 12.0 Å². The molecule has 2 aromatic carbocycles. The highest BCUT2D eigenvalue weighted by molar-refractivity contribution is 6.04. The topological polar surface area (TPSA) is 81.4 Å². The smallest absolute Gasteiger partial charge is 0.258 e. The molecule has 0 unspecified atom stereocenters. The number of methoxy groups -OCH3 is 1. The first-order chi connectivity index (χ1) is 10.1. The van der Waals surface area contributed by atoms with Crippen LogP contribution in [0, 0.1) is 0 Å². The minimum atomic E-state index is -0.757. The zero-order valence-electron chi connectivity index (χ0n) is 11.6. The summed E-state index contributed by atoms with van der Waals surface area (Å²) in [5.74, 6) is -0.961. The third kappa shape index (κ3) is 3.46. The Morgan fingerprint density at radius 1 is 1.05 bits per heavy atom. The number of primary amides is 1. The van der Waals surface area contributed by atoms with Crippen molar-refractivity contribution < 1.29 is 14.3 Å². The Morgan fingerprint density at radius 3 is 2.29 bits per heavy atom. The van der Waals surface area contributed by atoms with Gasteiger partial charge in [0.05, 0.1) is 11.3 Å². The van der Waals surface area contributed by atoms with Crippen molar-refractivity contribution >= 4 is 17.5 Å². The third-order valence-corrected chi connectivity index (χ3v) is 3.03. The number of nitrogens with one attached hydrogen (secondary N) is 1. The Balaban J connectivity index is 2.23. The van der Waals surface area contributed by atoms with Gasteiger partial charge in [-0.2, -0.15) is 0 Å². The van der Waals surface area contributed by atoms with E-state index in [1.54, 1.807) is 36.4 Å². The molecule has 0 aromatic heterocycles. The molecule has 1 atom stereocenters. The molecule has 108 valence electrons. The largest absolute Gasteiger partial charge is 0.367 e. The number of ether oxygens (including phenoxy) is 1. The number of carbonyl (C=O) groups is 2. The number of para-hydroxylation sites is 1. The van der Waals surface area contributed by atoms with Crippen molar-refractivity contribution in [3.8, 4) is 0 Å². The van der Waals surface area contributed by atoms with E-state index in [0.29, 0.717) is 5.69 Å². The van der Waals surface area contributed by atoms with Crippen molar-refractivity contribution in [2.45, 2.75) is 6.10 Å². The Hall–Kier alpha value is -2.66. The highest BCUT2D eigenvalue weighted by Crippen LogP contribution is 2.21. The van der Waals surface area contributed by atoms with Gasteiger partial charge < -0.3 is 15.8 Å². The molecule has 3 N–H and O–H groups in total. The summed E-state index contributed by atoms with van der Waals surface area (Å²) in [6.45, 7) is 0. The Kier molecular flexibility index (Phi) is 4.68. The maximum absolute atomic E-state index is 12.3. The molecule has 0 fully saturated rings. The highest BCUT2D eigenvalue weighted by atomic mass is 16.5.